The van der Waals surface area contributed by atoms with E-state index in [1.807, 2.05) is 42.3 Å². The van der Waals surface area contributed by atoms with Crippen LogP contribution in [0.4, 0.5) is 11.6 Å². The summed E-state index contributed by atoms with van der Waals surface area (Å²) in [5.74, 6) is 1.25. The van der Waals surface area contributed by atoms with Gasteiger partial charge in [-0.2, -0.15) is 0 Å². The lowest BCUT2D eigenvalue weighted by molar-refractivity contribution is 0.102. The van der Waals surface area contributed by atoms with Crippen LogP contribution in [0.15, 0.2) is 60.8 Å². The topological polar surface area (TPSA) is 76.6 Å². The molecule has 0 saturated carbocycles. The molecule has 0 saturated heterocycles. The molecule has 0 aliphatic heterocycles. The molecule has 28 heavy (non-hydrogen) atoms. The lowest BCUT2D eigenvalue weighted by Crippen LogP contribution is -2.21. The Morgan fingerprint density at radius 3 is 2.57 bits per heavy atom. The van der Waals surface area contributed by atoms with Crippen LogP contribution in [0.1, 0.15) is 16.1 Å². The van der Waals surface area contributed by atoms with Crippen LogP contribution in [0.2, 0.25) is 0 Å². The summed E-state index contributed by atoms with van der Waals surface area (Å²) >= 11 is 0. The standard InChI is InChI=1S/C21H22N4O3/c1-25(14-15-7-5-4-6-8-15)21-22-12-11-17(24-21)20(26)23-18-13-16(27-2)9-10-19(18)28-3/h4-13H,14H2,1-3H3,(H,23,26). The molecule has 0 aliphatic rings. The maximum atomic E-state index is 12.7. The number of hydrogen-bond acceptors (Lipinski definition) is 6. The fourth-order valence-corrected chi connectivity index (χ4v) is 2.68. The van der Waals surface area contributed by atoms with Gasteiger partial charge in [-0.25, -0.2) is 9.97 Å². The Morgan fingerprint density at radius 2 is 1.86 bits per heavy atom. The van der Waals surface area contributed by atoms with Crippen LogP contribution in [-0.2, 0) is 6.54 Å². The summed E-state index contributed by atoms with van der Waals surface area (Å²) in [7, 11) is 4.99. The van der Waals surface area contributed by atoms with E-state index in [2.05, 4.69) is 15.3 Å². The van der Waals surface area contributed by atoms with Crippen LogP contribution in [0.25, 0.3) is 0 Å². The number of nitrogens with one attached hydrogen (secondary N) is 1. The number of benzene rings is 2. The van der Waals surface area contributed by atoms with E-state index in [1.54, 1.807) is 44.7 Å². The Hall–Kier alpha value is -3.61. The first kappa shape index (κ1) is 19.2. The average molecular weight is 378 g/mol. The van der Waals surface area contributed by atoms with Crippen molar-refractivity contribution in [2.45, 2.75) is 6.54 Å². The number of rotatable bonds is 7. The summed E-state index contributed by atoms with van der Waals surface area (Å²) in [6.07, 6.45) is 1.57. The first-order chi connectivity index (χ1) is 13.6. The lowest BCUT2D eigenvalue weighted by Gasteiger charge is -2.17. The third kappa shape index (κ3) is 4.56. The van der Waals surface area contributed by atoms with E-state index >= 15 is 0 Å². The second-order valence-electron chi connectivity index (χ2n) is 6.10. The number of amides is 1. The van der Waals surface area contributed by atoms with Gasteiger partial charge in [0.1, 0.15) is 17.2 Å². The smallest absolute Gasteiger partial charge is 0.274 e. The molecule has 1 N–H and O–H groups in total. The van der Waals surface area contributed by atoms with E-state index < -0.39 is 0 Å². The van der Waals surface area contributed by atoms with Gasteiger partial charge in [0, 0.05) is 25.9 Å². The van der Waals surface area contributed by atoms with Crippen molar-refractivity contribution in [1.82, 2.24) is 9.97 Å². The van der Waals surface area contributed by atoms with Crippen molar-refractivity contribution in [3.05, 3.63) is 72.1 Å². The van der Waals surface area contributed by atoms with Crippen molar-refractivity contribution in [2.75, 3.05) is 31.5 Å². The highest BCUT2D eigenvalue weighted by atomic mass is 16.5. The van der Waals surface area contributed by atoms with Gasteiger partial charge in [-0.1, -0.05) is 30.3 Å². The molecule has 0 bridgehead atoms. The number of anilines is 2. The maximum absolute atomic E-state index is 12.7. The van der Waals surface area contributed by atoms with Gasteiger partial charge in [0.15, 0.2) is 0 Å². The highest BCUT2D eigenvalue weighted by Crippen LogP contribution is 2.29. The average Bonchev–Trinajstić information content (AvgIpc) is 2.74. The molecule has 1 aromatic heterocycles. The van der Waals surface area contributed by atoms with E-state index in [9.17, 15) is 4.79 Å². The normalized spacial score (nSPS) is 10.2. The molecule has 3 aromatic rings. The predicted molar refractivity (Wildman–Crippen MR) is 108 cm³/mol. The van der Waals surface area contributed by atoms with Crippen LogP contribution >= 0.6 is 0 Å². The zero-order chi connectivity index (χ0) is 19.9. The van der Waals surface area contributed by atoms with E-state index in [0.29, 0.717) is 29.7 Å². The molecule has 1 heterocycles. The number of ether oxygens (including phenoxy) is 2. The van der Waals surface area contributed by atoms with Crippen molar-refractivity contribution in [1.29, 1.82) is 0 Å². The Kier molecular flexibility index (Phi) is 6.06. The number of aromatic nitrogens is 2. The Labute approximate surface area is 164 Å². The molecule has 2 aromatic carbocycles. The van der Waals surface area contributed by atoms with Gasteiger partial charge in [0.25, 0.3) is 5.91 Å². The summed E-state index contributed by atoms with van der Waals surface area (Å²) < 4.78 is 10.5. The minimum atomic E-state index is -0.358. The van der Waals surface area contributed by atoms with Gasteiger partial charge in [0.05, 0.1) is 19.9 Å². The molecular weight excluding hydrogens is 356 g/mol. The van der Waals surface area contributed by atoms with Gasteiger partial charge < -0.3 is 19.7 Å². The van der Waals surface area contributed by atoms with Crippen LogP contribution in [0.3, 0.4) is 0 Å². The Balaban J connectivity index is 1.77. The molecule has 144 valence electrons. The molecule has 3 rings (SSSR count). The summed E-state index contributed by atoms with van der Waals surface area (Å²) in [4.78, 5) is 23.3. The molecule has 0 spiro atoms. The highest BCUT2D eigenvalue weighted by molar-refractivity contribution is 6.03. The minimum Gasteiger partial charge on any atom is -0.497 e. The number of carbonyl (C=O) groups excluding carboxylic acids is 1. The van der Waals surface area contributed by atoms with Crippen molar-refractivity contribution in [2.24, 2.45) is 0 Å². The molecule has 0 unspecified atom stereocenters. The summed E-state index contributed by atoms with van der Waals surface area (Å²) in [6, 6.07) is 16.7. The predicted octanol–water partition coefficient (Wildman–Crippen LogP) is 3.38. The van der Waals surface area contributed by atoms with Crippen molar-refractivity contribution in [3.63, 3.8) is 0 Å². The first-order valence-electron chi connectivity index (χ1n) is 8.72. The molecular formula is C21H22N4O3. The monoisotopic (exact) mass is 378 g/mol. The van der Waals surface area contributed by atoms with Crippen molar-refractivity contribution < 1.29 is 14.3 Å². The van der Waals surface area contributed by atoms with Crippen LogP contribution in [-0.4, -0.2) is 37.1 Å². The lowest BCUT2D eigenvalue weighted by atomic mass is 10.2. The van der Waals surface area contributed by atoms with E-state index in [1.165, 1.54) is 0 Å². The summed E-state index contributed by atoms with van der Waals surface area (Å²) in [5, 5.41) is 2.82. The summed E-state index contributed by atoms with van der Waals surface area (Å²) in [5.41, 5.74) is 1.89. The van der Waals surface area contributed by atoms with E-state index in [0.717, 1.165) is 5.56 Å². The van der Waals surface area contributed by atoms with E-state index in [4.69, 9.17) is 9.47 Å². The van der Waals surface area contributed by atoms with Crippen LogP contribution < -0.4 is 19.7 Å². The molecule has 0 aliphatic carbocycles. The van der Waals surface area contributed by atoms with E-state index in [-0.39, 0.29) is 11.6 Å². The van der Waals surface area contributed by atoms with Crippen LogP contribution in [0.5, 0.6) is 11.5 Å². The van der Waals surface area contributed by atoms with Gasteiger partial charge in [-0.05, 0) is 23.8 Å². The van der Waals surface area contributed by atoms with Gasteiger partial charge >= 0.3 is 0 Å². The minimum absolute atomic E-state index is 0.259. The first-order valence-corrected chi connectivity index (χ1v) is 8.72. The van der Waals surface area contributed by atoms with Gasteiger partial charge in [-0.15, -0.1) is 0 Å². The van der Waals surface area contributed by atoms with Gasteiger partial charge in [0.2, 0.25) is 5.95 Å². The van der Waals surface area contributed by atoms with Crippen molar-refractivity contribution in [3.8, 4) is 11.5 Å². The highest BCUT2D eigenvalue weighted by Gasteiger charge is 2.14. The zero-order valence-corrected chi connectivity index (χ0v) is 16.0. The second-order valence-corrected chi connectivity index (χ2v) is 6.10. The number of nitrogens with zero attached hydrogens (tertiary/aromatic N) is 3. The third-order valence-corrected chi connectivity index (χ3v) is 4.13. The van der Waals surface area contributed by atoms with Crippen molar-refractivity contribution >= 4 is 17.5 Å². The zero-order valence-electron chi connectivity index (χ0n) is 16.0. The Morgan fingerprint density at radius 1 is 1.07 bits per heavy atom. The molecule has 1 amide bonds. The fourth-order valence-electron chi connectivity index (χ4n) is 2.68. The molecule has 0 radical (unpaired) electrons. The molecule has 7 nitrogen and oxygen atoms in total. The fraction of sp³-hybridized carbons (Fsp3) is 0.190. The number of methoxy groups -OCH3 is 2. The number of hydrogen-bond donors (Lipinski definition) is 1. The largest absolute Gasteiger partial charge is 0.497 e. The Bertz CT molecular complexity index is 947. The van der Waals surface area contributed by atoms with Crippen LogP contribution in [0, 0.1) is 0 Å². The number of carbonyl (C=O) groups is 1. The van der Waals surface area contributed by atoms with Gasteiger partial charge in [-0.3, -0.25) is 4.79 Å². The maximum Gasteiger partial charge on any atom is 0.274 e. The molecule has 0 atom stereocenters. The quantitative estimate of drug-likeness (QED) is 0.679. The summed E-state index contributed by atoms with van der Waals surface area (Å²) in [6.45, 7) is 0.635. The molecule has 7 heteroatoms. The SMILES string of the molecule is COc1ccc(OC)c(NC(=O)c2ccnc(N(C)Cc3ccccc3)n2)c1. The second kappa shape index (κ2) is 8.85. The molecule has 0 fully saturated rings. The third-order valence-electron chi connectivity index (χ3n) is 4.13.